The first-order valence-corrected chi connectivity index (χ1v) is 19.2. The Labute approximate surface area is 320 Å². The maximum absolute atomic E-state index is 5.10. The van der Waals surface area contributed by atoms with E-state index in [-0.39, 0.29) is 0 Å². The lowest BCUT2D eigenvalue weighted by Gasteiger charge is -2.76. The molecule has 2 unspecified atom stereocenters. The van der Waals surface area contributed by atoms with Crippen molar-refractivity contribution in [2.24, 2.45) is 17.8 Å². The lowest BCUT2D eigenvalue weighted by Crippen LogP contribution is -2.71. The highest BCUT2D eigenvalue weighted by molar-refractivity contribution is 5.74. The summed E-state index contributed by atoms with van der Waals surface area (Å²) in [7, 11) is 0. The Balaban J connectivity index is 0.996. The molecule has 8 aromatic rings. The van der Waals surface area contributed by atoms with Crippen LogP contribution >= 0.6 is 0 Å². The van der Waals surface area contributed by atoms with Crippen LogP contribution in [-0.2, 0) is 5.41 Å². The molecule has 3 saturated carbocycles. The summed E-state index contributed by atoms with van der Waals surface area (Å²) in [6.45, 7) is 0. The molecule has 2 aromatic heterocycles. The summed E-state index contributed by atoms with van der Waals surface area (Å²) in [5, 5.41) is 0. The van der Waals surface area contributed by atoms with Gasteiger partial charge in [-0.3, -0.25) is 0 Å². The van der Waals surface area contributed by atoms with Crippen molar-refractivity contribution >= 4 is 0 Å². The third-order valence-corrected chi connectivity index (χ3v) is 12.2. The van der Waals surface area contributed by atoms with Crippen molar-refractivity contribution in [1.82, 2.24) is 29.9 Å². The summed E-state index contributed by atoms with van der Waals surface area (Å²) >= 11 is 0. The van der Waals surface area contributed by atoms with E-state index < -0.39 is 0 Å². The van der Waals surface area contributed by atoms with E-state index >= 15 is 0 Å². The first-order chi connectivity index (χ1) is 27.2. The van der Waals surface area contributed by atoms with Gasteiger partial charge in [-0.2, -0.15) is 0 Å². The lowest BCUT2D eigenvalue weighted by atomic mass is 9.28. The molecule has 55 heavy (non-hydrogen) atoms. The zero-order valence-corrected chi connectivity index (χ0v) is 30.1. The van der Waals surface area contributed by atoms with Crippen molar-refractivity contribution in [2.45, 2.75) is 24.7 Å². The Morgan fingerprint density at radius 2 is 0.673 bits per heavy atom. The molecule has 6 heteroatoms. The van der Waals surface area contributed by atoms with Gasteiger partial charge in [0.25, 0.3) is 0 Å². The number of aromatic nitrogens is 6. The molecule has 2 atom stereocenters. The van der Waals surface area contributed by atoms with Crippen molar-refractivity contribution in [1.29, 1.82) is 0 Å². The molecule has 2 heterocycles. The highest BCUT2D eigenvalue weighted by Gasteiger charge is 2.71. The average molecular weight is 709 g/mol. The molecule has 0 spiro atoms. The molecular weight excluding hydrogens is 673 g/mol. The van der Waals surface area contributed by atoms with Gasteiger partial charge in [-0.25, -0.2) is 29.9 Å². The maximum atomic E-state index is 5.10. The van der Waals surface area contributed by atoms with Gasteiger partial charge < -0.3 is 0 Å². The molecule has 3 aliphatic rings. The largest absolute Gasteiger partial charge is 0.208 e. The number of hydrogen-bond donors (Lipinski definition) is 0. The fourth-order valence-corrected chi connectivity index (χ4v) is 9.51. The van der Waals surface area contributed by atoms with E-state index in [0.717, 1.165) is 62.3 Å². The van der Waals surface area contributed by atoms with E-state index in [0.29, 0.717) is 40.4 Å². The van der Waals surface area contributed by atoms with Crippen LogP contribution in [0.25, 0.3) is 79.5 Å². The number of nitrogens with zero attached hydrogens (tertiary/aromatic N) is 6. The van der Waals surface area contributed by atoms with Crippen molar-refractivity contribution in [3.63, 3.8) is 0 Å². The summed E-state index contributed by atoms with van der Waals surface area (Å²) in [4.78, 5) is 30.3. The molecule has 11 rings (SSSR count). The highest BCUT2D eigenvalue weighted by atomic mass is 15.0. The highest BCUT2D eigenvalue weighted by Crippen LogP contribution is 2.77. The predicted octanol–water partition coefficient (Wildman–Crippen LogP) is 11.0. The Bertz CT molecular complexity index is 2680. The molecule has 3 fully saturated rings. The van der Waals surface area contributed by atoms with Crippen molar-refractivity contribution < 1.29 is 0 Å². The van der Waals surface area contributed by atoms with Crippen molar-refractivity contribution in [3.05, 3.63) is 169 Å². The van der Waals surface area contributed by atoms with Gasteiger partial charge in [-0.15, -0.1) is 0 Å². The summed E-state index contributed by atoms with van der Waals surface area (Å²) in [6.07, 6.45) is 4.16. The topological polar surface area (TPSA) is 77.3 Å². The van der Waals surface area contributed by atoms with Crippen LogP contribution in [0, 0.1) is 17.8 Å². The maximum Gasteiger partial charge on any atom is 0.164 e. The number of benzene rings is 6. The van der Waals surface area contributed by atoms with Gasteiger partial charge in [-0.1, -0.05) is 152 Å². The molecule has 0 aliphatic heterocycles. The molecule has 0 N–H and O–H groups in total. The zero-order valence-electron chi connectivity index (χ0n) is 30.1. The smallest absolute Gasteiger partial charge is 0.164 e. The molecule has 0 radical (unpaired) electrons. The van der Waals surface area contributed by atoms with Crippen molar-refractivity contribution in [2.75, 3.05) is 0 Å². The second kappa shape index (κ2) is 12.7. The van der Waals surface area contributed by atoms with Gasteiger partial charge in [-0.05, 0) is 71.3 Å². The average Bonchev–Trinajstić information content (AvgIpc) is 3.27. The third kappa shape index (κ3) is 5.47. The Morgan fingerprint density at radius 1 is 0.327 bits per heavy atom. The van der Waals surface area contributed by atoms with Crippen LogP contribution in [0.15, 0.2) is 164 Å². The standard InChI is InChI=1S/C49H36N6/c1-4-12-31(13-5-1)35-18-10-19-36(26-35)46-52-44(33-16-8-3-9-17-33)53-48(55-46)38-21-11-20-37(27-38)47-51-43(32-14-6-2-7-15-32)50-45(54-47)34-22-24-41(25-23-34)49-29-39-28-40(30-49)42(39)49/h1-27,39-40,42H,28-30H2. The second-order valence-electron chi connectivity index (χ2n) is 15.3. The van der Waals surface area contributed by atoms with E-state index in [1.165, 1.54) is 24.8 Å². The summed E-state index contributed by atoms with van der Waals surface area (Å²) < 4.78 is 0. The minimum absolute atomic E-state index is 0.423. The Morgan fingerprint density at radius 3 is 1.09 bits per heavy atom. The van der Waals surface area contributed by atoms with Crippen LogP contribution in [0.2, 0.25) is 0 Å². The van der Waals surface area contributed by atoms with Gasteiger partial charge in [0.15, 0.2) is 34.9 Å². The van der Waals surface area contributed by atoms with Crippen LogP contribution in [-0.4, -0.2) is 29.9 Å². The van der Waals surface area contributed by atoms with Crippen LogP contribution in [0.4, 0.5) is 0 Å². The SMILES string of the molecule is c1ccc(-c2cccc(-c3nc(-c4ccccc4)nc(-c4cccc(-c5nc(-c6ccccc6)nc(-c6ccc(C78CC9CC(C7)C98)cc6)n5)c4)n3)c2)cc1. The van der Waals surface area contributed by atoms with E-state index in [1.54, 1.807) is 0 Å². The summed E-state index contributed by atoms with van der Waals surface area (Å²) in [5.74, 6) is 6.54. The third-order valence-electron chi connectivity index (χ3n) is 12.2. The summed E-state index contributed by atoms with van der Waals surface area (Å²) in [5.41, 5.74) is 9.62. The van der Waals surface area contributed by atoms with E-state index in [4.69, 9.17) is 29.9 Å². The molecule has 262 valence electrons. The Hall–Kier alpha value is -6.66. The Kier molecular flexibility index (Phi) is 7.37. The molecule has 0 bridgehead atoms. The molecule has 0 saturated heterocycles. The van der Waals surface area contributed by atoms with E-state index in [1.807, 2.05) is 84.9 Å². The quantitative estimate of drug-likeness (QED) is 0.156. The van der Waals surface area contributed by atoms with Crippen molar-refractivity contribution in [3.8, 4) is 79.5 Å². The first-order valence-electron chi connectivity index (χ1n) is 19.2. The first kappa shape index (κ1) is 31.8. The van der Waals surface area contributed by atoms with E-state index in [2.05, 4.69) is 78.9 Å². The summed E-state index contributed by atoms with van der Waals surface area (Å²) in [6, 6.07) is 56.2. The van der Waals surface area contributed by atoms with Gasteiger partial charge in [0, 0.05) is 33.4 Å². The molecule has 0 amide bonds. The predicted molar refractivity (Wildman–Crippen MR) is 217 cm³/mol. The molecule has 6 aromatic carbocycles. The fraction of sp³-hybridized carbons (Fsp3) is 0.143. The van der Waals surface area contributed by atoms with E-state index in [9.17, 15) is 0 Å². The van der Waals surface area contributed by atoms with Crippen LogP contribution in [0.5, 0.6) is 0 Å². The van der Waals surface area contributed by atoms with Gasteiger partial charge >= 0.3 is 0 Å². The van der Waals surface area contributed by atoms with Gasteiger partial charge in [0.1, 0.15) is 0 Å². The second-order valence-corrected chi connectivity index (χ2v) is 15.3. The van der Waals surface area contributed by atoms with Crippen LogP contribution in [0.1, 0.15) is 24.8 Å². The molecule has 3 aliphatic carbocycles. The fourth-order valence-electron chi connectivity index (χ4n) is 9.51. The number of hydrogen-bond acceptors (Lipinski definition) is 6. The normalized spacial score (nSPS) is 20.4. The zero-order chi connectivity index (χ0) is 36.3. The van der Waals surface area contributed by atoms with Crippen LogP contribution < -0.4 is 0 Å². The van der Waals surface area contributed by atoms with Gasteiger partial charge in [0.2, 0.25) is 0 Å². The minimum Gasteiger partial charge on any atom is -0.208 e. The molecular formula is C49H36N6. The lowest BCUT2D eigenvalue weighted by molar-refractivity contribution is -0.219. The molecule has 6 nitrogen and oxygen atoms in total. The monoisotopic (exact) mass is 708 g/mol. The van der Waals surface area contributed by atoms with Crippen LogP contribution in [0.3, 0.4) is 0 Å². The van der Waals surface area contributed by atoms with Gasteiger partial charge in [0.05, 0.1) is 0 Å². The number of rotatable bonds is 8. The minimum atomic E-state index is 0.423.